The predicted octanol–water partition coefficient (Wildman–Crippen LogP) is 0.894. The molecule has 4 heteroatoms. The first kappa shape index (κ1) is 8.72. The quantitative estimate of drug-likeness (QED) is 0.712. The average Bonchev–Trinajstić information content (AvgIpc) is 2.72. The smallest absolute Gasteiger partial charge is 0.138 e. The van der Waals surface area contributed by atoms with E-state index in [-0.39, 0.29) is 5.60 Å². The van der Waals surface area contributed by atoms with E-state index < -0.39 is 0 Å². The van der Waals surface area contributed by atoms with E-state index >= 15 is 0 Å². The van der Waals surface area contributed by atoms with E-state index in [2.05, 4.69) is 16.9 Å². The number of nitrogens with one attached hydrogen (secondary N) is 1. The van der Waals surface area contributed by atoms with Gasteiger partial charge in [0.25, 0.3) is 0 Å². The number of nitrogens with two attached hydrogens (primary N) is 1. The summed E-state index contributed by atoms with van der Waals surface area (Å²) in [6.45, 7) is 3.40. The van der Waals surface area contributed by atoms with E-state index in [9.17, 15) is 0 Å². The molecule has 0 bridgehead atoms. The molecule has 1 saturated heterocycles. The van der Waals surface area contributed by atoms with E-state index in [0.29, 0.717) is 6.54 Å². The van der Waals surface area contributed by atoms with Crippen molar-refractivity contribution >= 4 is 0 Å². The van der Waals surface area contributed by atoms with Gasteiger partial charge in [0, 0.05) is 25.0 Å². The zero-order valence-corrected chi connectivity index (χ0v) is 7.84. The van der Waals surface area contributed by atoms with Crippen molar-refractivity contribution < 1.29 is 4.74 Å². The first-order chi connectivity index (χ1) is 6.24. The molecule has 1 aliphatic rings. The normalized spacial score (nSPS) is 28.2. The minimum absolute atomic E-state index is 0.215. The molecular formula is C9H15N3O. The SMILES string of the molecule is CC1(c2ncc(CN)[nH]2)CCCO1. The molecule has 1 unspecified atom stereocenters. The highest BCUT2D eigenvalue weighted by Gasteiger charge is 2.34. The molecular weight excluding hydrogens is 166 g/mol. The highest BCUT2D eigenvalue weighted by molar-refractivity contribution is 5.08. The van der Waals surface area contributed by atoms with Crippen LogP contribution in [0.2, 0.25) is 0 Å². The number of aromatic amines is 1. The number of hydrogen-bond acceptors (Lipinski definition) is 3. The molecule has 0 spiro atoms. The number of ether oxygens (including phenoxy) is 1. The molecule has 1 aliphatic heterocycles. The van der Waals surface area contributed by atoms with Crippen molar-refractivity contribution in [1.82, 2.24) is 9.97 Å². The topological polar surface area (TPSA) is 63.9 Å². The van der Waals surface area contributed by atoms with Crippen molar-refractivity contribution in [3.63, 3.8) is 0 Å². The number of aromatic nitrogens is 2. The van der Waals surface area contributed by atoms with Crippen LogP contribution in [0.1, 0.15) is 31.3 Å². The second-order valence-electron chi connectivity index (χ2n) is 3.64. The van der Waals surface area contributed by atoms with Gasteiger partial charge >= 0.3 is 0 Å². The van der Waals surface area contributed by atoms with Crippen LogP contribution in [0.3, 0.4) is 0 Å². The van der Waals surface area contributed by atoms with Crippen molar-refractivity contribution in [2.75, 3.05) is 6.61 Å². The fraction of sp³-hybridized carbons (Fsp3) is 0.667. The van der Waals surface area contributed by atoms with Crippen molar-refractivity contribution in [3.05, 3.63) is 17.7 Å². The van der Waals surface area contributed by atoms with Crippen LogP contribution in [-0.4, -0.2) is 16.6 Å². The first-order valence-electron chi connectivity index (χ1n) is 4.63. The third kappa shape index (κ3) is 1.47. The summed E-state index contributed by atoms with van der Waals surface area (Å²) >= 11 is 0. The summed E-state index contributed by atoms with van der Waals surface area (Å²) in [7, 11) is 0. The molecule has 1 atom stereocenters. The van der Waals surface area contributed by atoms with Crippen molar-refractivity contribution in [1.29, 1.82) is 0 Å². The average molecular weight is 181 g/mol. The van der Waals surface area contributed by atoms with Crippen molar-refractivity contribution in [2.24, 2.45) is 5.73 Å². The van der Waals surface area contributed by atoms with Crippen molar-refractivity contribution in [3.8, 4) is 0 Å². The zero-order valence-electron chi connectivity index (χ0n) is 7.84. The standard InChI is InChI=1S/C9H15N3O/c1-9(3-2-4-13-9)8-11-6-7(5-10)12-8/h6H,2-5,10H2,1H3,(H,11,12). The molecule has 1 aromatic rings. The lowest BCUT2D eigenvalue weighted by Crippen LogP contribution is -2.21. The third-order valence-corrected chi connectivity index (χ3v) is 2.57. The van der Waals surface area contributed by atoms with Crippen LogP contribution in [0.5, 0.6) is 0 Å². The number of nitrogens with zero attached hydrogens (tertiary/aromatic N) is 1. The maximum absolute atomic E-state index is 5.65. The largest absolute Gasteiger partial charge is 0.367 e. The Morgan fingerprint density at radius 3 is 3.15 bits per heavy atom. The van der Waals surface area contributed by atoms with E-state index in [0.717, 1.165) is 31.0 Å². The molecule has 2 rings (SSSR count). The lowest BCUT2D eigenvalue weighted by Gasteiger charge is -2.19. The second-order valence-corrected chi connectivity index (χ2v) is 3.64. The van der Waals surface area contributed by atoms with E-state index in [1.165, 1.54) is 0 Å². The molecule has 0 aromatic carbocycles. The van der Waals surface area contributed by atoms with Gasteiger partial charge in [0.2, 0.25) is 0 Å². The van der Waals surface area contributed by atoms with Gasteiger partial charge in [-0.1, -0.05) is 0 Å². The second kappa shape index (κ2) is 3.12. The lowest BCUT2D eigenvalue weighted by molar-refractivity contribution is 0.00995. The van der Waals surface area contributed by atoms with Crippen LogP contribution in [0.15, 0.2) is 6.20 Å². The highest BCUT2D eigenvalue weighted by Crippen LogP contribution is 2.33. The lowest BCUT2D eigenvalue weighted by atomic mass is 10.0. The summed E-state index contributed by atoms with van der Waals surface area (Å²) in [6, 6.07) is 0. The van der Waals surface area contributed by atoms with E-state index in [1.54, 1.807) is 6.20 Å². The van der Waals surface area contributed by atoms with Crippen LogP contribution in [0.25, 0.3) is 0 Å². The van der Waals surface area contributed by atoms with Crippen LogP contribution in [0.4, 0.5) is 0 Å². The highest BCUT2D eigenvalue weighted by atomic mass is 16.5. The van der Waals surface area contributed by atoms with Gasteiger partial charge in [-0.15, -0.1) is 0 Å². The maximum atomic E-state index is 5.65. The van der Waals surface area contributed by atoms with Gasteiger partial charge in [-0.3, -0.25) is 0 Å². The Hall–Kier alpha value is -0.870. The summed E-state index contributed by atoms with van der Waals surface area (Å²) in [5.41, 5.74) is 6.24. The molecule has 0 aliphatic carbocycles. The molecule has 3 N–H and O–H groups in total. The number of imidazole rings is 1. The van der Waals surface area contributed by atoms with Crippen LogP contribution >= 0.6 is 0 Å². The van der Waals surface area contributed by atoms with Crippen LogP contribution in [0, 0.1) is 0 Å². The molecule has 4 nitrogen and oxygen atoms in total. The van der Waals surface area contributed by atoms with Crippen LogP contribution < -0.4 is 5.73 Å². The molecule has 13 heavy (non-hydrogen) atoms. The molecule has 0 radical (unpaired) electrons. The Morgan fingerprint density at radius 2 is 2.62 bits per heavy atom. The third-order valence-electron chi connectivity index (χ3n) is 2.57. The van der Waals surface area contributed by atoms with E-state index in [1.807, 2.05) is 0 Å². The maximum Gasteiger partial charge on any atom is 0.138 e. The Labute approximate surface area is 77.5 Å². The minimum Gasteiger partial charge on any atom is -0.367 e. The van der Waals surface area contributed by atoms with Gasteiger partial charge in [-0.2, -0.15) is 0 Å². The predicted molar refractivity (Wildman–Crippen MR) is 49.0 cm³/mol. The van der Waals surface area contributed by atoms with Crippen molar-refractivity contribution in [2.45, 2.75) is 31.9 Å². The number of rotatable bonds is 2. The summed E-state index contributed by atoms with van der Waals surface area (Å²) in [4.78, 5) is 7.46. The molecule has 0 saturated carbocycles. The molecule has 2 heterocycles. The van der Waals surface area contributed by atoms with Gasteiger partial charge in [0.15, 0.2) is 0 Å². The van der Waals surface area contributed by atoms with Crippen LogP contribution in [-0.2, 0) is 16.9 Å². The fourth-order valence-corrected chi connectivity index (χ4v) is 1.70. The molecule has 72 valence electrons. The first-order valence-corrected chi connectivity index (χ1v) is 4.63. The monoisotopic (exact) mass is 181 g/mol. The van der Waals surface area contributed by atoms with Gasteiger partial charge in [0.05, 0.1) is 0 Å². The summed E-state index contributed by atoms with van der Waals surface area (Å²) in [5, 5.41) is 0. The van der Waals surface area contributed by atoms with Gasteiger partial charge in [-0.25, -0.2) is 4.98 Å². The Balaban J connectivity index is 2.23. The fourth-order valence-electron chi connectivity index (χ4n) is 1.70. The number of hydrogen-bond donors (Lipinski definition) is 2. The van der Waals surface area contributed by atoms with Gasteiger partial charge in [0.1, 0.15) is 11.4 Å². The summed E-state index contributed by atoms with van der Waals surface area (Å²) in [5.74, 6) is 0.908. The minimum atomic E-state index is -0.215. The number of H-pyrrole nitrogens is 1. The molecule has 1 aromatic heterocycles. The molecule has 0 amide bonds. The zero-order chi connectivity index (χ0) is 9.31. The Morgan fingerprint density at radius 1 is 1.77 bits per heavy atom. The van der Waals surface area contributed by atoms with E-state index in [4.69, 9.17) is 10.5 Å². The Kier molecular flexibility index (Phi) is 2.09. The summed E-state index contributed by atoms with van der Waals surface area (Å²) in [6.07, 6.45) is 3.92. The summed E-state index contributed by atoms with van der Waals surface area (Å²) < 4.78 is 5.65. The van der Waals surface area contributed by atoms with Gasteiger partial charge < -0.3 is 15.5 Å². The Bertz CT molecular complexity index is 289. The van der Waals surface area contributed by atoms with Gasteiger partial charge in [-0.05, 0) is 19.8 Å². The molecule has 1 fully saturated rings.